The molecule has 1 atom stereocenters. The summed E-state index contributed by atoms with van der Waals surface area (Å²) in [5.74, 6) is 0.505. The van der Waals surface area contributed by atoms with Crippen LogP contribution in [-0.4, -0.2) is 57.8 Å². The van der Waals surface area contributed by atoms with Gasteiger partial charge in [-0.1, -0.05) is 20.8 Å². The lowest BCUT2D eigenvalue weighted by Gasteiger charge is -2.48. The molecule has 2 aliphatic rings. The number of amides is 2. The van der Waals surface area contributed by atoms with Gasteiger partial charge in [-0.25, -0.2) is 4.98 Å². The monoisotopic (exact) mass is 360 g/mol. The molecular weight excluding hydrogens is 328 g/mol. The summed E-state index contributed by atoms with van der Waals surface area (Å²) in [6.07, 6.45) is 8.54. The summed E-state index contributed by atoms with van der Waals surface area (Å²) in [6, 6.07) is 0. The Labute approximate surface area is 156 Å². The summed E-state index contributed by atoms with van der Waals surface area (Å²) in [4.78, 5) is 36.3. The second-order valence-corrected chi connectivity index (χ2v) is 9.30. The minimum Gasteiger partial charge on any atom is -0.348 e. The molecule has 1 aromatic rings. The molecule has 144 valence electrons. The molecule has 1 N–H and O–H groups in total. The number of piperidine rings is 2. The van der Waals surface area contributed by atoms with E-state index >= 15 is 0 Å². The van der Waals surface area contributed by atoms with Crippen LogP contribution in [-0.2, 0) is 16.0 Å². The SMILES string of the molecule is CC(C)(C)CC(=O)N1CCCC2(CCC(=O)N(CCc3cnc[nH]3)C2)C1. The third kappa shape index (κ3) is 4.65. The minimum atomic E-state index is 0.0142. The lowest BCUT2D eigenvalue weighted by Crippen LogP contribution is -2.55. The van der Waals surface area contributed by atoms with Crippen molar-refractivity contribution in [3.63, 3.8) is 0 Å². The molecule has 6 nitrogen and oxygen atoms in total. The van der Waals surface area contributed by atoms with E-state index in [2.05, 4.69) is 35.6 Å². The molecular formula is C20H32N4O2. The average molecular weight is 361 g/mol. The zero-order chi connectivity index (χ0) is 18.8. The van der Waals surface area contributed by atoms with Crippen molar-refractivity contribution in [2.45, 2.75) is 59.3 Å². The Morgan fingerprint density at radius 1 is 1.31 bits per heavy atom. The molecule has 2 fully saturated rings. The third-order valence-corrected chi connectivity index (χ3v) is 5.65. The summed E-state index contributed by atoms with van der Waals surface area (Å²) in [7, 11) is 0. The number of likely N-dealkylation sites (tertiary alicyclic amines) is 2. The summed E-state index contributed by atoms with van der Waals surface area (Å²) in [5.41, 5.74) is 1.15. The van der Waals surface area contributed by atoms with Crippen molar-refractivity contribution >= 4 is 11.8 Å². The number of aromatic nitrogens is 2. The molecule has 3 heterocycles. The summed E-state index contributed by atoms with van der Waals surface area (Å²) < 4.78 is 0. The standard InChI is InChI=1S/C20H32N4O2/c1-19(2,3)11-18(26)23-9-4-7-20(13-23)8-5-17(25)24(14-20)10-6-16-12-21-15-22-16/h12,15H,4-11,13-14H2,1-3H3,(H,21,22). The van der Waals surface area contributed by atoms with Gasteiger partial charge in [-0.2, -0.15) is 0 Å². The van der Waals surface area contributed by atoms with Gasteiger partial charge in [-0.05, 0) is 24.7 Å². The maximum Gasteiger partial charge on any atom is 0.223 e. The van der Waals surface area contributed by atoms with Crippen molar-refractivity contribution < 1.29 is 9.59 Å². The molecule has 0 saturated carbocycles. The fraction of sp³-hybridized carbons (Fsp3) is 0.750. The highest BCUT2D eigenvalue weighted by Crippen LogP contribution is 2.39. The quantitative estimate of drug-likeness (QED) is 0.897. The Bertz CT molecular complexity index is 635. The molecule has 1 spiro atoms. The number of aromatic amines is 1. The summed E-state index contributed by atoms with van der Waals surface area (Å²) in [5, 5.41) is 0. The first kappa shape index (κ1) is 18.9. The molecule has 0 aromatic carbocycles. The van der Waals surface area contributed by atoms with Gasteiger partial charge in [-0.3, -0.25) is 9.59 Å². The first-order valence-electron chi connectivity index (χ1n) is 9.79. The number of H-pyrrole nitrogens is 1. The Morgan fingerprint density at radius 3 is 2.81 bits per heavy atom. The van der Waals surface area contributed by atoms with Crippen LogP contribution in [0.25, 0.3) is 0 Å². The second kappa shape index (κ2) is 7.41. The van der Waals surface area contributed by atoms with Gasteiger partial charge < -0.3 is 14.8 Å². The van der Waals surface area contributed by atoms with Gasteiger partial charge in [-0.15, -0.1) is 0 Å². The van der Waals surface area contributed by atoms with Crippen LogP contribution in [0.3, 0.4) is 0 Å². The molecule has 26 heavy (non-hydrogen) atoms. The van der Waals surface area contributed by atoms with Crippen molar-refractivity contribution in [3.05, 3.63) is 18.2 Å². The average Bonchev–Trinajstić information content (AvgIpc) is 3.08. The summed E-state index contributed by atoms with van der Waals surface area (Å²) in [6.45, 7) is 9.50. The van der Waals surface area contributed by atoms with Crippen LogP contribution in [0.1, 0.15) is 58.6 Å². The van der Waals surface area contributed by atoms with Crippen molar-refractivity contribution in [2.24, 2.45) is 10.8 Å². The number of nitrogens with one attached hydrogen (secondary N) is 1. The smallest absolute Gasteiger partial charge is 0.223 e. The van der Waals surface area contributed by atoms with Crippen molar-refractivity contribution in [1.29, 1.82) is 0 Å². The highest BCUT2D eigenvalue weighted by atomic mass is 16.2. The maximum atomic E-state index is 12.7. The van der Waals surface area contributed by atoms with Crippen LogP contribution in [0, 0.1) is 10.8 Å². The van der Waals surface area contributed by atoms with Gasteiger partial charge in [0.15, 0.2) is 0 Å². The Balaban J connectivity index is 1.62. The predicted molar refractivity (Wildman–Crippen MR) is 100 cm³/mol. The number of hydrogen-bond donors (Lipinski definition) is 1. The van der Waals surface area contributed by atoms with E-state index in [1.54, 1.807) is 6.33 Å². The fourth-order valence-corrected chi connectivity index (χ4v) is 4.30. The molecule has 0 bridgehead atoms. The van der Waals surface area contributed by atoms with E-state index in [-0.39, 0.29) is 22.6 Å². The van der Waals surface area contributed by atoms with E-state index in [0.717, 1.165) is 57.6 Å². The molecule has 0 radical (unpaired) electrons. The Morgan fingerprint density at radius 2 is 2.12 bits per heavy atom. The number of carbonyl (C=O) groups excluding carboxylic acids is 2. The molecule has 6 heteroatoms. The van der Waals surface area contributed by atoms with Crippen LogP contribution in [0.4, 0.5) is 0 Å². The van der Waals surface area contributed by atoms with E-state index < -0.39 is 0 Å². The fourth-order valence-electron chi connectivity index (χ4n) is 4.30. The highest BCUT2D eigenvalue weighted by Gasteiger charge is 2.42. The maximum absolute atomic E-state index is 12.7. The largest absolute Gasteiger partial charge is 0.348 e. The van der Waals surface area contributed by atoms with Crippen molar-refractivity contribution in [3.8, 4) is 0 Å². The Hall–Kier alpha value is -1.85. The van der Waals surface area contributed by atoms with Crippen LogP contribution < -0.4 is 0 Å². The van der Waals surface area contributed by atoms with Crippen molar-refractivity contribution in [1.82, 2.24) is 19.8 Å². The van der Waals surface area contributed by atoms with Gasteiger partial charge in [0.05, 0.1) is 6.33 Å². The van der Waals surface area contributed by atoms with Crippen LogP contribution in [0.5, 0.6) is 0 Å². The molecule has 0 aliphatic carbocycles. The lowest BCUT2D eigenvalue weighted by molar-refractivity contribution is -0.143. The number of rotatable bonds is 4. The number of hydrogen-bond acceptors (Lipinski definition) is 3. The minimum absolute atomic E-state index is 0.0142. The van der Waals surface area contributed by atoms with E-state index in [0.29, 0.717) is 12.8 Å². The van der Waals surface area contributed by atoms with Crippen LogP contribution in [0.15, 0.2) is 12.5 Å². The lowest BCUT2D eigenvalue weighted by atomic mass is 9.73. The van der Waals surface area contributed by atoms with E-state index in [1.807, 2.05) is 11.1 Å². The number of carbonyl (C=O) groups is 2. The van der Waals surface area contributed by atoms with E-state index in [9.17, 15) is 9.59 Å². The van der Waals surface area contributed by atoms with Gasteiger partial charge in [0.25, 0.3) is 0 Å². The van der Waals surface area contributed by atoms with E-state index in [4.69, 9.17) is 0 Å². The topological polar surface area (TPSA) is 69.3 Å². The zero-order valence-corrected chi connectivity index (χ0v) is 16.4. The Kier molecular flexibility index (Phi) is 5.39. The van der Waals surface area contributed by atoms with Crippen molar-refractivity contribution in [2.75, 3.05) is 26.2 Å². The molecule has 1 aromatic heterocycles. The van der Waals surface area contributed by atoms with Gasteiger partial charge in [0.1, 0.15) is 0 Å². The number of imidazole rings is 1. The highest BCUT2D eigenvalue weighted by molar-refractivity contribution is 5.78. The van der Waals surface area contributed by atoms with Crippen LogP contribution in [0.2, 0.25) is 0 Å². The molecule has 3 rings (SSSR count). The molecule has 1 unspecified atom stereocenters. The third-order valence-electron chi connectivity index (χ3n) is 5.65. The van der Waals surface area contributed by atoms with Gasteiger partial charge in [0.2, 0.25) is 11.8 Å². The second-order valence-electron chi connectivity index (χ2n) is 9.30. The van der Waals surface area contributed by atoms with E-state index in [1.165, 1.54) is 0 Å². The van der Waals surface area contributed by atoms with Crippen LogP contribution >= 0.6 is 0 Å². The number of nitrogens with zero attached hydrogens (tertiary/aromatic N) is 3. The normalized spacial score (nSPS) is 24.3. The summed E-state index contributed by atoms with van der Waals surface area (Å²) >= 11 is 0. The first-order chi connectivity index (χ1) is 12.3. The predicted octanol–water partition coefficient (Wildman–Crippen LogP) is 2.62. The van der Waals surface area contributed by atoms with Gasteiger partial charge >= 0.3 is 0 Å². The molecule has 2 aliphatic heterocycles. The molecule has 2 saturated heterocycles. The first-order valence-corrected chi connectivity index (χ1v) is 9.79. The van der Waals surface area contributed by atoms with Gasteiger partial charge in [0, 0.05) is 62.7 Å². The zero-order valence-electron chi connectivity index (χ0n) is 16.4. The molecule has 2 amide bonds.